The number of anilines is 1. The van der Waals surface area contributed by atoms with Crippen molar-refractivity contribution in [2.75, 3.05) is 25.0 Å². The third-order valence-electron chi connectivity index (χ3n) is 2.68. The smallest absolute Gasteiger partial charge is 0.119 e. The van der Waals surface area contributed by atoms with Gasteiger partial charge in [-0.2, -0.15) is 0 Å². The van der Waals surface area contributed by atoms with E-state index in [0.717, 1.165) is 31.1 Å². The van der Waals surface area contributed by atoms with Gasteiger partial charge in [-0.3, -0.25) is 0 Å². The molecule has 4 heteroatoms. The molecular weight excluding hydrogens is 256 g/mol. The Morgan fingerprint density at radius 2 is 1.95 bits per heavy atom. The minimum Gasteiger partial charge on any atom is -0.494 e. The van der Waals surface area contributed by atoms with Crippen molar-refractivity contribution in [2.45, 2.75) is 13.5 Å². The van der Waals surface area contributed by atoms with E-state index in [1.165, 1.54) is 4.88 Å². The Labute approximate surface area is 118 Å². The Morgan fingerprint density at radius 3 is 2.63 bits per heavy atom. The molecule has 3 nitrogen and oxygen atoms in total. The van der Waals surface area contributed by atoms with E-state index in [-0.39, 0.29) is 0 Å². The molecule has 0 aliphatic carbocycles. The number of ether oxygens (including phenoxy) is 1. The highest BCUT2D eigenvalue weighted by molar-refractivity contribution is 7.09. The van der Waals surface area contributed by atoms with Gasteiger partial charge in [-0.1, -0.05) is 6.07 Å². The van der Waals surface area contributed by atoms with Crippen LogP contribution in [0.1, 0.15) is 11.8 Å². The minimum atomic E-state index is 0.708. The van der Waals surface area contributed by atoms with Gasteiger partial charge in [0.25, 0.3) is 0 Å². The van der Waals surface area contributed by atoms with Gasteiger partial charge in [0.2, 0.25) is 0 Å². The highest BCUT2D eigenvalue weighted by atomic mass is 32.1. The van der Waals surface area contributed by atoms with E-state index in [9.17, 15) is 0 Å². The summed E-state index contributed by atoms with van der Waals surface area (Å²) < 4.78 is 5.41. The third-order valence-corrected chi connectivity index (χ3v) is 3.55. The number of rotatable bonds is 8. The molecule has 0 bridgehead atoms. The lowest BCUT2D eigenvalue weighted by atomic mass is 10.3. The molecule has 0 atom stereocenters. The molecule has 102 valence electrons. The molecule has 0 spiro atoms. The van der Waals surface area contributed by atoms with E-state index >= 15 is 0 Å². The normalized spacial score (nSPS) is 10.4. The van der Waals surface area contributed by atoms with E-state index in [2.05, 4.69) is 28.1 Å². The molecule has 2 aromatic rings. The van der Waals surface area contributed by atoms with Gasteiger partial charge in [-0.15, -0.1) is 11.3 Å². The van der Waals surface area contributed by atoms with Crippen LogP contribution in [-0.2, 0) is 6.54 Å². The summed E-state index contributed by atoms with van der Waals surface area (Å²) in [7, 11) is 0. The zero-order chi connectivity index (χ0) is 13.3. The molecule has 0 amide bonds. The number of benzene rings is 1. The lowest BCUT2D eigenvalue weighted by molar-refractivity contribution is 0.340. The minimum absolute atomic E-state index is 0.708. The topological polar surface area (TPSA) is 33.3 Å². The first-order chi connectivity index (χ1) is 9.38. The fraction of sp³-hybridized carbons (Fsp3) is 0.333. The number of nitrogens with one attached hydrogen (secondary N) is 2. The molecule has 0 saturated heterocycles. The van der Waals surface area contributed by atoms with Gasteiger partial charge in [0, 0.05) is 30.2 Å². The van der Waals surface area contributed by atoms with Crippen molar-refractivity contribution in [3.05, 3.63) is 46.7 Å². The van der Waals surface area contributed by atoms with Crippen LogP contribution in [0.15, 0.2) is 41.8 Å². The van der Waals surface area contributed by atoms with Crippen LogP contribution in [0.5, 0.6) is 5.75 Å². The van der Waals surface area contributed by atoms with E-state index < -0.39 is 0 Å². The highest BCUT2D eigenvalue weighted by Crippen LogP contribution is 2.15. The van der Waals surface area contributed by atoms with E-state index in [0.29, 0.717) is 6.61 Å². The van der Waals surface area contributed by atoms with E-state index in [4.69, 9.17) is 4.74 Å². The van der Waals surface area contributed by atoms with Gasteiger partial charge in [0.05, 0.1) is 6.61 Å². The Hall–Kier alpha value is -1.52. The number of hydrogen-bond acceptors (Lipinski definition) is 4. The van der Waals surface area contributed by atoms with Gasteiger partial charge in [-0.25, -0.2) is 0 Å². The van der Waals surface area contributed by atoms with Crippen LogP contribution >= 0.6 is 11.3 Å². The molecule has 2 rings (SSSR count). The van der Waals surface area contributed by atoms with Crippen molar-refractivity contribution in [2.24, 2.45) is 0 Å². The summed E-state index contributed by atoms with van der Waals surface area (Å²) in [4.78, 5) is 1.38. The van der Waals surface area contributed by atoms with Crippen LogP contribution < -0.4 is 15.4 Å². The number of hydrogen-bond donors (Lipinski definition) is 2. The lowest BCUT2D eigenvalue weighted by Gasteiger charge is -2.08. The largest absolute Gasteiger partial charge is 0.494 e. The summed E-state index contributed by atoms with van der Waals surface area (Å²) in [5, 5.41) is 8.90. The Kier molecular flexibility index (Phi) is 5.72. The average molecular weight is 276 g/mol. The summed E-state index contributed by atoms with van der Waals surface area (Å²) in [6.45, 7) is 5.51. The molecule has 0 saturated carbocycles. The van der Waals surface area contributed by atoms with Gasteiger partial charge in [0.1, 0.15) is 5.75 Å². The summed E-state index contributed by atoms with van der Waals surface area (Å²) in [6, 6.07) is 12.3. The van der Waals surface area contributed by atoms with E-state index in [1.807, 2.05) is 31.2 Å². The van der Waals surface area contributed by atoms with Crippen molar-refractivity contribution in [1.82, 2.24) is 5.32 Å². The fourth-order valence-electron chi connectivity index (χ4n) is 1.76. The zero-order valence-corrected chi connectivity index (χ0v) is 12.0. The Balaban J connectivity index is 1.62. The molecule has 0 unspecified atom stereocenters. The van der Waals surface area contributed by atoms with Crippen LogP contribution in [0.25, 0.3) is 0 Å². The van der Waals surface area contributed by atoms with Gasteiger partial charge in [-0.05, 0) is 42.6 Å². The molecule has 0 radical (unpaired) electrons. The summed E-state index contributed by atoms with van der Waals surface area (Å²) in [5.41, 5.74) is 1.13. The van der Waals surface area contributed by atoms with Crippen LogP contribution in [0.3, 0.4) is 0 Å². The first kappa shape index (κ1) is 13.9. The maximum Gasteiger partial charge on any atom is 0.119 e. The summed E-state index contributed by atoms with van der Waals surface area (Å²) in [5.74, 6) is 0.920. The van der Waals surface area contributed by atoms with Crippen molar-refractivity contribution in [3.8, 4) is 5.75 Å². The second-order valence-corrected chi connectivity index (χ2v) is 5.17. The standard InChI is InChI=1S/C15H20N2OS/c1-2-18-14-7-5-13(6-8-14)17-10-9-16-12-15-4-3-11-19-15/h3-8,11,16-17H,2,9-10,12H2,1H3. The van der Waals surface area contributed by atoms with Crippen molar-refractivity contribution in [3.63, 3.8) is 0 Å². The Morgan fingerprint density at radius 1 is 1.11 bits per heavy atom. The second-order valence-electron chi connectivity index (χ2n) is 4.14. The summed E-state index contributed by atoms with van der Waals surface area (Å²) in [6.07, 6.45) is 0. The van der Waals surface area contributed by atoms with Gasteiger partial charge < -0.3 is 15.4 Å². The molecule has 1 heterocycles. The molecule has 2 N–H and O–H groups in total. The van der Waals surface area contributed by atoms with Crippen molar-refractivity contribution >= 4 is 17.0 Å². The zero-order valence-electron chi connectivity index (χ0n) is 11.2. The molecular formula is C15H20N2OS. The predicted octanol–water partition coefficient (Wildman–Crippen LogP) is 3.35. The average Bonchev–Trinajstić information content (AvgIpc) is 2.94. The Bertz CT molecular complexity index is 454. The maximum absolute atomic E-state index is 5.41. The van der Waals surface area contributed by atoms with Crippen molar-refractivity contribution in [1.29, 1.82) is 0 Å². The fourth-order valence-corrected chi connectivity index (χ4v) is 2.43. The predicted molar refractivity (Wildman–Crippen MR) is 82.1 cm³/mol. The first-order valence-electron chi connectivity index (χ1n) is 6.58. The molecule has 0 fully saturated rings. The number of thiophene rings is 1. The van der Waals surface area contributed by atoms with Gasteiger partial charge in [0.15, 0.2) is 0 Å². The third kappa shape index (κ3) is 4.93. The van der Waals surface area contributed by atoms with Crippen molar-refractivity contribution < 1.29 is 4.74 Å². The molecule has 1 aromatic carbocycles. The molecule has 0 aliphatic heterocycles. The highest BCUT2D eigenvalue weighted by Gasteiger charge is 1.95. The van der Waals surface area contributed by atoms with E-state index in [1.54, 1.807) is 11.3 Å². The molecule has 19 heavy (non-hydrogen) atoms. The van der Waals surface area contributed by atoms with Crippen LogP contribution in [0.2, 0.25) is 0 Å². The van der Waals surface area contributed by atoms with Crippen LogP contribution in [-0.4, -0.2) is 19.7 Å². The maximum atomic E-state index is 5.41. The second kappa shape index (κ2) is 7.81. The SMILES string of the molecule is CCOc1ccc(NCCNCc2cccs2)cc1. The quantitative estimate of drug-likeness (QED) is 0.725. The molecule has 0 aliphatic rings. The van der Waals surface area contributed by atoms with Crippen LogP contribution in [0.4, 0.5) is 5.69 Å². The monoisotopic (exact) mass is 276 g/mol. The summed E-state index contributed by atoms with van der Waals surface area (Å²) >= 11 is 1.79. The first-order valence-corrected chi connectivity index (χ1v) is 7.46. The van der Waals surface area contributed by atoms with Gasteiger partial charge >= 0.3 is 0 Å². The van der Waals surface area contributed by atoms with Crippen LogP contribution in [0, 0.1) is 0 Å². The lowest BCUT2D eigenvalue weighted by Crippen LogP contribution is -2.21. The molecule has 1 aromatic heterocycles.